The molecule has 11 heteroatoms. The van der Waals surface area contributed by atoms with E-state index in [1.54, 1.807) is 0 Å². The second-order valence-corrected chi connectivity index (χ2v) is 13.3. The zero-order chi connectivity index (χ0) is 33.6. The van der Waals surface area contributed by atoms with Gasteiger partial charge in [-0.1, -0.05) is 60.7 Å². The Hall–Kier alpha value is -3.35. The first-order chi connectivity index (χ1) is 23.5. The third-order valence-corrected chi connectivity index (χ3v) is 9.80. The van der Waals surface area contributed by atoms with Crippen molar-refractivity contribution in [1.29, 1.82) is 0 Å². The van der Waals surface area contributed by atoms with Crippen molar-refractivity contribution in [3.8, 4) is 0 Å². The minimum atomic E-state index is -0.662. The SMILES string of the molecule is O=C(C1CCN(Cc2ccccc2)C1)N1CCOCC1.O=C(C1CCNC1)N1CCOCC1.O=C(O)C1CCN(Cc2ccccc2)C1. The molecule has 0 radical (unpaired) electrons. The average molecular weight is 664 g/mol. The van der Waals surface area contributed by atoms with Crippen molar-refractivity contribution in [3.05, 3.63) is 71.8 Å². The molecule has 5 aliphatic rings. The Balaban J connectivity index is 0.000000145. The zero-order valence-electron chi connectivity index (χ0n) is 28.2. The Morgan fingerprint density at radius 1 is 0.625 bits per heavy atom. The Morgan fingerprint density at radius 3 is 1.52 bits per heavy atom. The predicted molar refractivity (Wildman–Crippen MR) is 183 cm³/mol. The summed E-state index contributed by atoms with van der Waals surface area (Å²) in [7, 11) is 0. The van der Waals surface area contributed by atoms with E-state index in [9.17, 15) is 14.4 Å². The number of carboxylic acid groups (broad SMARTS) is 1. The highest BCUT2D eigenvalue weighted by atomic mass is 16.5. The van der Waals surface area contributed by atoms with Crippen LogP contribution in [0.25, 0.3) is 0 Å². The number of morpholine rings is 2. The van der Waals surface area contributed by atoms with Crippen LogP contribution in [0.1, 0.15) is 30.4 Å². The summed E-state index contributed by atoms with van der Waals surface area (Å²) >= 11 is 0. The van der Waals surface area contributed by atoms with Crippen LogP contribution >= 0.6 is 0 Å². The third kappa shape index (κ3) is 11.1. The third-order valence-electron chi connectivity index (χ3n) is 9.80. The van der Waals surface area contributed by atoms with Crippen molar-refractivity contribution in [2.45, 2.75) is 32.4 Å². The fraction of sp³-hybridized carbons (Fsp3) is 0.595. The number of amides is 2. The monoisotopic (exact) mass is 663 g/mol. The summed E-state index contributed by atoms with van der Waals surface area (Å²) < 4.78 is 10.5. The van der Waals surface area contributed by atoms with Crippen molar-refractivity contribution >= 4 is 17.8 Å². The molecule has 2 aromatic rings. The van der Waals surface area contributed by atoms with Gasteiger partial charge in [0.05, 0.1) is 44.2 Å². The first-order valence-electron chi connectivity index (χ1n) is 17.7. The maximum absolute atomic E-state index is 12.4. The average Bonchev–Trinajstić information content (AvgIpc) is 3.94. The van der Waals surface area contributed by atoms with Crippen LogP contribution in [0.2, 0.25) is 0 Å². The van der Waals surface area contributed by atoms with Gasteiger partial charge < -0.3 is 29.7 Å². The number of benzene rings is 2. The number of nitrogens with zero attached hydrogens (tertiary/aromatic N) is 4. The zero-order valence-corrected chi connectivity index (χ0v) is 28.2. The predicted octanol–water partition coefficient (Wildman–Crippen LogP) is 2.42. The normalized spacial score (nSPS) is 24.7. The number of carbonyl (C=O) groups excluding carboxylic acids is 2. The van der Waals surface area contributed by atoms with Gasteiger partial charge in [0.1, 0.15) is 0 Å². The van der Waals surface area contributed by atoms with E-state index in [-0.39, 0.29) is 17.8 Å². The number of carboxylic acids is 1. The molecule has 7 rings (SSSR count). The number of carbonyl (C=O) groups is 3. The van der Waals surface area contributed by atoms with Crippen LogP contribution in [0.5, 0.6) is 0 Å². The number of hydrogen-bond donors (Lipinski definition) is 2. The van der Waals surface area contributed by atoms with E-state index in [1.807, 2.05) is 34.1 Å². The van der Waals surface area contributed by atoms with Crippen molar-refractivity contribution in [1.82, 2.24) is 24.9 Å². The topological polar surface area (TPSA) is 115 Å². The molecule has 0 spiro atoms. The molecule has 2 N–H and O–H groups in total. The minimum absolute atomic E-state index is 0.172. The lowest BCUT2D eigenvalue weighted by Gasteiger charge is -2.29. The van der Waals surface area contributed by atoms with Crippen LogP contribution in [0.4, 0.5) is 0 Å². The molecule has 0 bridgehead atoms. The van der Waals surface area contributed by atoms with Gasteiger partial charge in [-0.25, -0.2) is 0 Å². The summed E-state index contributed by atoms with van der Waals surface area (Å²) in [4.78, 5) is 43.5. The number of aliphatic carboxylic acids is 1. The highest BCUT2D eigenvalue weighted by Gasteiger charge is 2.32. The Labute approximate surface area is 285 Å². The van der Waals surface area contributed by atoms with Gasteiger partial charge in [-0.2, -0.15) is 0 Å². The van der Waals surface area contributed by atoms with Gasteiger partial charge in [0, 0.05) is 58.9 Å². The fourth-order valence-electron chi connectivity index (χ4n) is 6.99. The summed E-state index contributed by atoms with van der Waals surface area (Å²) in [6, 6.07) is 20.7. The van der Waals surface area contributed by atoms with E-state index in [1.165, 1.54) is 11.1 Å². The summed E-state index contributed by atoms with van der Waals surface area (Å²) in [6.07, 6.45) is 2.77. The molecule has 5 heterocycles. The molecule has 2 aromatic carbocycles. The van der Waals surface area contributed by atoms with Crippen molar-refractivity contribution in [2.75, 3.05) is 91.9 Å². The van der Waals surface area contributed by atoms with Gasteiger partial charge >= 0.3 is 5.97 Å². The second-order valence-electron chi connectivity index (χ2n) is 13.3. The van der Waals surface area contributed by atoms with Crippen LogP contribution in [0.3, 0.4) is 0 Å². The summed E-state index contributed by atoms with van der Waals surface area (Å²) in [5.41, 5.74) is 2.58. The molecule has 5 fully saturated rings. The van der Waals surface area contributed by atoms with Gasteiger partial charge in [0.2, 0.25) is 11.8 Å². The smallest absolute Gasteiger partial charge is 0.307 e. The van der Waals surface area contributed by atoms with Gasteiger partial charge in [-0.15, -0.1) is 0 Å². The first kappa shape index (κ1) is 35.9. The van der Waals surface area contributed by atoms with Crippen LogP contribution in [0.15, 0.2) is 60.7 Å². The standard InChI is InChI=1S/C16H22N2O2.C12H15NO2.C9H16N2O2/c19-16(18-8-10-20-11-9-18)15-6-7-17(13-15)12-14-4-2-1-3-5-14;14-12(15)11-6-7-13(9-11)8-10-4-2-1-3-5-10;12-9(8-1-2-10-7-8)11-3-5-13-6-4-11/h1-5,15H,6-13H2;1-5,11H,6-9H2,(H,14,15);8,10H,1-7H2. The maximum atomic E-state index is 12.4. The Bertz CT molecular complexity index is 1270. The maximum Gasteiger partial charge on any atom is 0.307 e. The van der Waals surface area contributed by atoms with E-state index >= 15 is 0 Å². The van der Waals surface area contributed by atoms with Crippen molar-refractivity contribution in [3.63, 3.8) is 0 Å². The Kier molecular flexibility index (Phi) is 14.2. The first-order valence-corrected chi connectivity index (χ1v) is 17.7. The van der Waals surface area contributed by atoms with E-state index in [0.717, 1.165) is 91.3 Å². The molecule has 0 saturated carbocycles. The highest BCUT2D eigenvalue weighted by molar-refractivity contribution is 5.80. The van der Waals surface area contributed by atoms with Crippen LogP contribution in [0, 0.1) is 17.8 Å². The number of hydrogen-bond acceptors (Lipinski definition) is 8. The van der Waals surface area contributed by atoms with Crippen molar-refractivity contribution in [2.24, 2.45) is 17.8 Å². The molecule has 3 unspecified atom stereocenters. The minimum Gasteiger partial charge on any atom is -0.481 e. The molecule has 5 saturated heterocycles. The second kappa shape index (κ2) is 19.0. The molecule has 3 atom stereocenters. The lowest BCUT2D eigenvalue weighted by molar-refractivity contribution is -0.141. The van der Waals surface area contributed by atoms with Gasteiger partial charge in [0.15, 0.2) is 0 Å². The summed E-state index contributed by atoms with van der Waals surface area (Å²) in [5.74, 6) is 0.200. The summed E-state index contributed by atoms with van der Waals surface area (Å²) in [5, 5.41) is 12.1. The van der Waals surface area contributed by atoms with Crippen LogP contribution < -0.4 is 5.32 Å². The van der Waals surface area contributed by atoms with E-state index < -0.39 is 5.97 Å². The van der Waals surface area contributed by atoms with E-state index in [2.05, 4.69) is 51.5 Å². The molecule has 0 aliphatic carbocycles. The van der Waals surface area contributed by atoms with E-state index in [0.29, 0.717) is 44.8 Å². The van der Waals surface area contributed by atoms with Crippen LogP contribution in [-0.4, -0.2) is 134 Å². The molecule has 48 heavy (non-hydrogen) atoms. The molecule has 2 amide bonds. The number of nitrogens with one attached hydrogen (secondary N) is 1. The Morgan fingerprint density at radius 2 is 1.08 bits per heavy atom. The quantitative estimate of drug-likeness (QED) is 0.461. The van der Waals surface area contributed by atoms with Crippen molar-refractivity contribution < 1.29 is 29.0 Å². The molecule has 5 aliphatic heterocycles. The highest BCUT2D eigenvalue weighted by Crippen LogP contribution is 2.22. The van der Waals surface area contributed by atoms with Gasteiger partial charge in [0.25, 0.3) is 0 Å². The lowest BCUT2D eigenvalue weighted by Crippen LogP contribution is -2.44. The number of likely N-dealkylation sites (tertiary alicyclic amines) is 2. The summed E-state index contributed by atoms with van der Waals surface area (Å²) in [6.45, 7) is 13.0. The number of rotatable bonds is 7. The number of ether oxygens (including phenoxy) is 2. The molecular weight excluding hydrogens is 610 g/mol. The molecule has 262 valence electrons. The molecular formula is C37H53N5O6. The largest absolute Gasteiger partial charge is 0.481 e. The lowest BCUT2D eigenvalue weighted by atomic mass is 10.1. The van der Waals surface area contributed by atoms with Gasteiger partial charge in [-0.05, 0) is 50.0 Å². The fourth-order valence-corrected chi connectivity index (χ4v) is 6.99. The van der Waals surface area contributed by atoms with E-state index in [4.69, 9.17) is 14.6 Å². The molecule has 0 aromatic heterocycles. The van der Waals surface area contributed by atoms with Gasteiger partial charge in [-0.3, -0.25) is 24.2 Å². The van der Waals surface area contributed by atoms with Crippen LogP contribution in [-0.2, 0) is 36.9 Å². The molecule has 11 nitrogen and oxygen atoms in total.